The maximum Gasteiger partial charge on any atom is 0.357 e. The van der Waals surface area contributed by atoms with Crippen molar-refractivity contribution in [2.24, 2.45) is 0 Å². The van der Waals surface area contributed by atoms with Crippen LogP contribution in [0.4, 0.5) is 11.4 Å². The number of esters is 2. The monoisotopic (exact) mass is 1100 g/mol. The first-order valence-electron chi connectivity index (χ1n) is 29.5. The van der Waals surface area contributed by atoms with Gasteiger partial charge in [-0.2, -0.15) is 10.2 Å². The molecule has 4 aliphatic heterocycles. The zero-order valence-corrected chi connectivity index (χ0v) is 46.7. The third kappa shape index (κ3) is 11.8. The number of nitrogens with one attached hydrogen (secondary N) is 1. The Morgan fingerprint density at radius 2 is 1.10 bits per heavy atom. The van der Waals surface area contributed by atoms with Gasteiger partial charge in [0.05, 0.1) is 84.6 Å². The third-order valence-corrected chi connectivity index (χ3v) is 17.2. The Kier molecular flexibility index (Phi) is 16.7. The molecule has 1 aromatic carbocycles. The van der Waals surface area contributed by atoms with E-state index in [1.54, 1.807) is 24.0 Å². The SMILES string of the molecule is CCOC(=O)c1cc(N2CCC(N3CCOCC3)CC2)c2c(C3CCC3)nn(-c3cc[nH]c(=O)c3)c2n1.CCOC(=O)c1cc(N2CCC(N3CCOCC3)CC2)c2c(C3CCC3)nn(-c3ccnc(OCc4ccccc4)c3)c2n1. The first-order valence-corrected chi connectivity index (χ1v) is 29.5. The number of rotatable bonds is 15. The van der Waals surface area contributed by atoms with Gasteiger partial charge < -0.3 is 38.5 Å². The van der Waals surface area contributed by atoms with Crippen molar-refractivity contribution in [1.82, 2.24) is 49.3 Å². The van der Waals surface area contributed by atoms with Crippen molar-refractivity contribution in [2.75, 3.05) is 102 Å². The second kappa shape index (κ2) is 24.8. The molecule has 4 saturated heterocycles. The normalized spacial score (nSPS) is 19.0. The standard InChI is InChI=1S/C34H40N6O4.C27H34N6O4/c1-2-43-34(41)28-22-29(39-15-12-26(13-16-39)38-17-19-42-20-18-38)31-32(25-9-6-10-25)37-40(33(31)36-28)27-11-14-35-30(21-27)44-23-24-7-4-3-5-8-24;1-2-37-27(35)21-17-22(32-10-7-19(8-11-32)31-12-14-36-15-13-31)24-25(18-4-3-5-18)30-33(26(24)29-21)20-6-9-28-23(34)16-20/h3-5,7-8,11,14,21-22,25-26H,2,6,9-10,12-13,15-20,23H2,1H3;6,9,16-19H,2-5,7-8,10-15H2,1H3,(H,28,34). The average molecular weight is 1100 g/mol. The number of nitrogens with zero attached hydrogens (tertiary/aromatic N) is 11. The van der Waals surface area contributed by atoms with Crippen molar-refractivity contribution >= 4 is 45.4 Å². The van der Waals surface area contributed by atoms with E-state index in [4.69, 9.17) is 43.8 Å². The maximum absolute atomic E-state index is 13.1. The van der Waals surface area contributed by atoms with Crippen LogP contribution in [0.1, 0.15) is 128 Å². The highest BCUT2D eigenvalue weighted by Gasteiger charge is 2.35. The molecular formula is C61H74N12O8. The highest BCUT2D eigenvalue weighted by molar-refractivity contribution is 6.00. The van der Waals surface area contributed by atoms with Gasteiger partial charge in [0.1, 0.15) is 6.61 Å². The number of H-pyrrole nitrogens is 1. The summed E-state index contributed by atoms with van der Waals surface area (Å²) < 4.78 is 31.6. The summed E-state index contributed by atoms with van der Waals surface area (Å²) >= 11 is 0. The molecule has 0 bridgehead atoms. The van der Waals surface area contributed by atoms with E-state index in [-0.39, 0.29) is 24.5 Å². The minimum atomic E-state index is -0.447. The van der Waals surface area contributed by atoms with Crippen LogP contribution >= 0.6 is 0 Å². The fraction of sp³-hybridized carbons (Fsp3) is 0.508. The fourth-order valence-electron chi connectivity index (χ4n) is 12.4. The molecule has 10 heterocycles. The van der Waals surface area contributed by atoms with Gasteiger partial charge in [0.15, 0.2) is 22.7 Å². The van der Waals surface area contributed by atoms with Crippen LogP contribution in [0.2, 0.25) is 0 Å². The van der Waals surface area contributed by atoms with Crippen LogP contribution < -0.4 is 20.1 Å². The summed E-state index contributed by atoms with van der Waals surface area (Å²) in [5.41, 5.74) is 8.22. The molecular weight excluding hydrogens is 1030 g/mol. The van der Waals surface area contributed by atoms with Crippen LogP contribution in [0.3, 0.4) is 0 Å². The minimum absolute atomic E-state index is 0.210. The summed E-state index contributed by atoms with van der Waals surface area (Å²) in [5, 5.41) is 12.2. The second-order valence-corrected chi connectivity index (χ2v) is 22.0. The molecule has 426 valence electrons. The van der Waals surface area contributed by atoms with Crippen LogP contribution in [-0.2, 0) is 25.6 Å². The molecule has 6 aromatic heterocycles. The van der Waals surface area contributed by atoms with Gasteiger partial charge in [-0.25, -0.2) is 33.9 Å². The lowest BCUT2D eigenvalue weighted by atomic mass is 9.82. The van der Waals surface area contributed by atoms with Crippen molar-refractivity contribution in [3.8, 4) is 17.3 Å². The maximum atomic E-state index is 13.1. The number of benzene rings is 1. The van der Waals surface area contributed by atoms with E-state index >= 15 is 0 Å². The van der Waals surface area contributed by atoms with Gasteiger partial charge in [0, 0.05) is 101 Å². The van der Waals surface area contributed by atoms with Crippen LogP contribution in [0.15, 0.2) is 83.9 Å². The van der Waals surface area contributed by atoms with E-state index in [0.717, 1.165) is 175 Å². The number of carbonyl (C=O) groups is 2. The number of hydrogen-bond donors (Lipinski definition) is 1. The van der Waals surface area contributed by atoms with Crippen molar-refractivity contribution in [3.05, 3.63) is 118 Å². The summed E-state index contributed by atoms with van der Waals surface area (Å²) in [6.45, 7) is 15.4. The van der Waals surface area contributed by atoms with Crippen molar-refractivity contribution < 1.29 is 33.3 Å². The minimum Gasteiger partial charge on any atom is -0.473 e. The van der Waals surface area contributed by atoms with Crippen molar-refractivity contribution in [2.45, 2.75) is 109 Å². The number of fused-ring (bicyclic) bond motifs is 2. The molecule has 81 heavy (non-hydrogen) atoms. The zero-order valence-electron chi connectivity index (χ0n) is 46.7. The Hall–Kier alpha value is -7.26. The first-order chi connectivity index (χ1) is 39.8. The van der Waals surface area contributed by atoms with Gasteiger partial charge in [-0.3, -0.25) is 14.6 Å². The van der Waals surface area contributed by atoms with Gasteiger partial charge >= 0.3 is 11.9 Å². The predicted octanol–water partition coefficient (Wildman–Crippen LogP) is 7.99. The van der Waals surface area contributed by atoms with Gasteiger partial charge in [0.25, 0.3) is 0 Å². The molecule has 2 aliphatic carbocycles. The molecule has 2 saturated carbocycles. The van der Waals surface area contributed by atoms with Crippen molar-refractivity contribution in [3.63, 3.8) is 0 Å². The molecule has 13 rings (SSSR count). The number of pyridine rings is 4. The highest BCUT2D eigenvalue weighted by Crippen LogP contribution is 2.45. The lowest BCUT2D eigenvalue weighted by Crippen LogP contribution is -2.49. The molecule has 0 amide bonds. The molecule has 6 aliphatic rings. The summed E-state index contributed by atoms with van der Waals surface area (Å²) in [7, 11) is 0. The Bertz CT molecular complexity index is 3370. The Morgan fingerprint density at radius 1 is 0.605 bits per heavy atom. The Labute approximate surface area is 471 Å². The molecule has 1 N–H and O–H groups in total. The number of morpholine rings is 2. The predicted molar refractivity (Wildman–Crippen MR) is 307 cm³/mol. The summed E-state index contributed by atoms with van der Waals surface area (Å²) in [6, 6.07) is 22.1. The smallest absolute Gasteiger partial charge is 0.357 e. The first kappa shape index (κ1) is 54.3. The quantitative estimate of drug-likeness (QED) is 0.0968. The van der Waals surface area contributed by atoms with E-state index in [2.05, 4.69) is 29.6 Å². The number of aromatic nitrogens is 8. The average Bonchev–Trinajstić information content (AvgIpc) is 3.51. The number of hydrogen-bond acceptors (Lipinski definition) is 17. The molecule has 0 unspecified atom stereocenters. The van der Waals surface area contributed by atoms with Crippen LogP contribution in [0.25, 0.3) is 33.4 Å². The van der Waals surface area contributed by atoms with E-state index < -0.39 is 11.9 Å². The fourth-order valence-corrected chi connectivity index (χ4v) is 12.4. The summed E-state index contributed by atoms with van der Waals surface area (Å²) in [4.78, 5) is 64.9. The Balaban J connectivity index is 0.000000163. The summed E-state index contributed by atoms with van der Waals surface area (Å²) in [5.74, 6) is 0.364. The Morgan fingerprint density at radius 3 is 1.56 bits per heavy atom. The van der Waals surface area contributed by atoms with E-state index in [1.807, 2.05) is 72.3 Å². The lowest BCUT2D eigenvalue weighted by molar-refractivity contribution is 0.0115. The molecule has 20 nitrogen and oxygen atoms in total. The number of ether oxygens (including phenoxy) is 5. The van der Waals surface area contributed by atoms with E-state index in [0.29, 0.717) is 59.1 Å². The second-order valence-electron chi connectivity index (χ2n) is 22.0. The molecule has 0 spiro atoms. The molecule has 7 aromatic rings. The van der Waals surface area contributed by atoms with Crippen LogP contribution in [0.5, 0.6) is 5.88 Å². The largest absolute Gasteiger partial charge is 0.473 e. The number of anilines is 2. The topological polar surface area (TPSA) is 200 Å². The van der Waals surface area contributed by atoms with Crippen LogP contribution in [0, 0.1) is 0 Å². The van der Waals surface area contributed by atoms with Gasteiger partial charge in [0.2, 0.25) is 11.4 Å². The molecule has 0 radical (unpaired) electrons. The van der Waals surface area contributed by atoms with E-state index in [9.17, 15) is 14.4 Å². The highest BCUT2D eigenvalue weighted by atomic mass is 16.5. The van der Waals surface area contributed by atoms with Crippen molar-refractivity contribution in [1.29, 1.82) is 0 Å². The summed E-state index contributed by atoms with van der Waals surface area (Å²) in [6.07, 6.45) is 14.3. The molecule has 0 atom stereocenters. The van der Waals surface area contributed by atoms with Gasteiger partial charge in [-0.05, 0) is 95.0 Å². The molecule has 6 fully saturated rings. The number of piperidine rings is 2. The number of aromatic amines is 1. The van der Waals surface area contributed by atoms with E-state index in [1.165, 1.54) is 18.9 Å². The van der Waals surface area contributed by atoms with Gasteiger partial charge in [-0.15, -0.1) is 0 Å². The number of carbonyl (C=O) groups excluding carboxylic acids is 2. The lowest BCUT2D eigenvalue weighted by Gasteiger charge is -2.41. The van der Waals surface area contributed by atoms with Gasteiger partial charge in [-0.1, -0.05) is 43.2 Å². The third-order valence-electron chi connectivity index (χ3n) is 17.2. The van der Waals surface area contributed by atoms with Crippen LogP contribution in [-0.4, -0.2) is 165 Å². The molecule has 20 heteroatoms. The zero-order chi connectivity index (χ0) is 55.2.